The van der Waals surface area contributed by atoms with Crippen molar-refractivity contribution in [2.24, 2.45) is 15.3 Å². The maximum Gasteiger partial charge on any atom is 1.00 e. The summed E-state index contributed by atoms with van der Waals surface area (Å²) in [7, 11) is -10.6. The van der Waals surface area contributed by atoms with Gasteiger partial charge in [-0.3, -0.25) is 20.3 Å². The van der Waals surface area contributed by atoms with E-state index in [0.717, 1.165) is 12.1 Å². The maximum absolute atomic E-state index is 13.3. The van der Waals surface area contributed by atoms with Gasteiger partial charge in [-0.05, 0) is 42.0 Å². The van der Waals surface area contributed by atoms with Crippen molar-refractivity contribution < 1.29 is 94.8 Å². The third-order valence-electron chi connectivity index (χ3n) is 5.23. The smallest absolute Gasteiger partial charge is 0.744 e. The number of hydrogen-bond donors (Lipinski definition) is 2. The van der Waals surface area contributed by atoms with Crippen LogP contribution in [-0.2, 0) is 20.2 Å². The van der Waals surface area contributed by atoms with Gasteiger partial charge in [-0.25, -0.2) is 16.8 Å². The third kappa shape index (κ3) is 7.72. The van der Waals surface area contributed by atoms with Crippen molar-refractivity contribution in [3.63, 3.8) is 0 Å². The van der Waals surface area contributed by atoms with Gasteiger partial charge in [0.2, 0.25) is 5.78 Å². The summed E-state index contributed by atoms with van der Waals surface area (Å²) in [5.41, 5.74) is 5.40. The van der Waals surface area contributed by atoms with Crippen LogP contribution in [-0.4, -0.2) is 42.4 Å². The first-order valence-corrected chi connectivity index (χ1v) is 13.3. The van der Waals surface area contributed by atoms with Gasteiger partial charge < -0.3 is 14.8 Å². The van der Waals surface area contributed by atoms with Gasteiger partial charge in [-0.15, -0.1) is 5.11 Å². The zero-order valence-corrected chi connectivity index (χ0v) is 26.8. The Morgan fingerprint density at radius 2 is 1.49 bits per heavy atom. The van der Waals surface area contributed by atoms with Gasteiger partial charge >= 0.3 is 59.1 Å². The van der Waals surface area contributed by atoms with Gasteiger partial charge in [-0.2, -0.15) is 10.2 Å². The molecule has 0 bridgehead atoms. The summed E-state index contributed by atoms with van der Waals surface area (Å²) >= 11 is 0. The maximum atomic E-state index is 13.3. The first-order chi connectivity index (χ1) is 18.3. The molecule has 3 N–H and O–H groups in total. The summed E-state index contributed by atoms with van der Waals surface area (Å²) in [6.07, 6.45) is 0.673. The topological polar surface area (TPSA) is 250 Å². The molecular formula is C22H14N6Na2O9S2. The molecule has 3 aromatic rings. The number of para-hydroxylation sites is 1. The number of hydrazone groups is 1. The molecule has 0 heterocycles. The number of carbonyl (C=O) groups excluding carboxylic acids is 1. The van der Waals surface area contributed by atoms with E-state index in [1.54, 1.807) is 18.2 Å². The molecule has 0 saturated carbocycles. The van der Waals surface area contributed by atoms with Crippen LogP contribution in [0.1, 0.15) is 15.9 Å². The van der Waals surface area contributed by atoms with E-state index in [-0.39, 0.29) is 70.5 Å². The number of carbonyl (C=O) groups is 1. The molecule has 0 radical (unpaired) electrons. The molecule has 0 amide bonds. The fourth-order valence-electron chi connectivity index (χ4n) is 3.47. The number of nitro groups is 1. The average Bonchev–Trinajstić information content (AvgIpc) is 2.86. The summed E-state index contributed by atoms with van der Waals surface area (Å²) in [4.78, 5) is 21.4. The van der Waals surface area contributed by atoms with Crippen LogP contribution < -0.4 is 70.3 Å². The fourth-order valence-corrected chi connectivity index (χ4v) is 4.77. The Balaban J connectivity index is 0.00000294. The summed E-state index contributed by atoms with van der Waals surface area (Å²) in [5.74, 6) is -1.18. The Kier molecular flexibility index (Phi) is 11.3. The van der Waals surface area contributed by atoms with Crippen molar-refractivity contribution >= 4 is 66.2 Å². The number of ketones is 1. The second-order valence-electron chi connectivity index (χ2n) is 7.76. The second kappa shape index (κ2) is 13.4. The Morgan fingerprint density at radius 1 is 0.878 bits per heavy atom. The summed E-state index contributed by atoms with van der Waals surface area (Å²) < 4.78 is 71.9. The Morgan fingerprint density at radius 3 is 2.02 bits per heavy atom. The molecule has 41 heavy (non-hydrogen) atoms. The molecule has 200 valence electrons. The number of fused-ring (bicyclic) bond motifs is 1. The summed E-state index contributed by atoms with van der Waals surface area (Å²) in [6.45, 7) is 0. The number of hydrogen-bond acceptors (Lipinski definition) is 14. The number of nitrogens with zero attached hydrogens (tertiary/aromatic N) is 4. The number of nitrogens with two attached hydrogens (primary N) is 1. The molecule has 0 saturated heterocycles. The minimum absolute atomic E-state index is 0. The molecular weight excluding hydrogens is 602 g/mol. The molecule has 0 aromatic heterocycles. The van der Waals surface area contributed by atoms with Gasteiger partial charge in [0, 0.05) is 12.1 Å². The van der Waals surface area contributed by atoms with Gasteiger partial charge in [0.1, 0.15) is 31.6 Å². The molecule has 0 unspecified atom stereocenters. The summed E-state index contributed by atoms with van der Waals surface area (Å²) in [5, 5.41) is 22.0. The molecule has 0 atom stereocenters. The van der Waals surface area contributed by atoms with E-state index in [1.165, 1.54) is 24.3 Å². The van der Waals surface area contributed by atoms with Gasteiger partial charge in [0.25, 0.3) is 5.69 Å². The van der Waals surface area contributed by atoms with Gasteiger partial charge in [0.15, 0.2) is 0 Å². The number of nitrogen functional groups attached to an aromatic ring is 1. The summed E-state index contributed by atoms with van der Waals surface area (Å²) in [6, 6.07) is 13.2. The van der Waals surface area contributed by atoms with Crippen LogP contribution in [0.2, 0.25) is 0 Å². The van der Waals surface area contributed by atoms with Crippen molar-refractivity contribution in [3.8, 4) is 0 Å². The molecule has 3 aromatic carbocycles. The quantitative estimate of drug-likeness (QED) is 0.0678. The Labute approximate surface area is 276 Å². The zero-order chi connectivity index (χ0) is 28.5. The molecule has 1 aliphatic carbocycles. The minimum atomic E-state index is -5.33. The fraction of sp³-hybridized carbons (Fsp3) is 0. The van der Waals surface area contributed by atoms with Crippen LogP contribution in [0, 0.1) is 10.1 Å². The van der Waals surface area contributed by atoms with Crippen molar-refractivity contribution in [1.82, 2.24) is 0 Å². The van der Waals surface area contributed by atoms with Crippen LogP contribution in [0.25, 0.3) is 6.08 Å². The second-order valence-corrected chi connectivity index (χ2v) is 10.5. The van der Waals surface area contributed by atoms with Crippen LogP contribution in [0.15, 0.2) is 85.8 Å². The molecule has 4 rings (SSSR count). The first kappa shape index (κ1) is 34.4. The first-order valence-electron chi connectivity index (χ1n) is 10.5. The number of anilines is 2. The molecule has 0 fully saturated rings. The Hall–Kier alpha value is -2.84. The van der Waals surface area contributed by atoms with Crippen molar-refractivity contribution in [3.05, 3.63) is 86.8 Å². The minimum Gasteiger partial charge on any atom is -0.744 e. The monoisotopic (exact) mass is 616 g/mol. The van der Waals surface area contributed by atoms with E-state index in [0.29, 0.717) is 17.8 Å². The number of nitrogens with one attached hydrogen (secondary N) is 1. The number of allylic oxidation sites excluding steroid dienone is 1. The van der Waals surface area contributed by atoms with E-state index >= 15 is 0 Å². The zero-order valence-electron chi connectivity index (χ0n) is 21.2. The third-order valence-corrected chi connectivity index (χ3v) is 6.93. The van der Waals surface area contributed by atoms with E-state index in [1.807, 2.05) is 0 Å². The van der Waals surface area contributed by atoms with Crippen LogP contribution >= 0.6 is 0 Å². The molecule has 1 aliphatic rings. The molecule has 15 nitrogen and oxygen atoms in total. The predicted octanol–water partition coefficient (Wildman–Crippen LogP) is -2.94. The van der Waals surface area contributed by atoms with Gasteiger partial charge in [-0.1, -0.05) is 18.2 Å². The number of azo groups is 1. The van der Waals surface area contributed by atoms with E-state index in [9.17, 15) is 40.8 Å². The van der Waals surface area contributed by atoms with Gasteiger partial charge in [0.05, 0.1) is 37.3 Å². The van der Waals surface area contributed by atoms with Crippen LogP contribution in [0.3, 0.4) is 0 Å². The number of rotatable bonds is 7. The number of Topliss-reactive ketones (excluding diaryl/α,β-unsaturated/α-hetero) is 1. The molecule has 0 aliphatic heterocycles. The standard InChI is InChI=1S/C22H16N6O9S2.2Na/c23-19-18-12(11-17(39(35,36)37)21(22(18)29)27-24-13-4-2-1-3-5-13)10-16(38(32,33)34)20(19)26-25-14-6-8-15(9-7-14)28(30)31;;/h1-11,24H,23H2,(H,32,33,34)(H,35,36,37);;/q;2*+1/p-2/b26-25?,27-21+;;. The van der Waals surface area contributed by atoms with Crippen LogP contribution in [0.4, 0.5) is 28.4 Å². The molecule has 0 spiro atoms. The number of benzene rings is 3. The average molecular weight is 617 g/mol. The molecule has 19 heteroatoms. The SMILES string of the molecule is Nc1c(N=Nc2ccc([N+](=O)[O-])cc2)c(S(=O)(=O)[O-])cc2c1C(=O)/C(=N/Nc1ccccc1)C(S(=O)(=O)[O-])=C2.[Na+].[Na+]. The van der Waals surface area contributed by atoms with E-state index in [4.69, 9.17) is 5.73 Å². The number of non-ortho nitro benzene ring substituents is 1. The largest absolute Gasteiger partial charge is 1.00 e. The van der Waals surface area contributed by atoms with Crippen molar-refractivity contribution in [2.75, 3.05) is 11.2 Å². The van der Waals surface area contributed by atoms with Crippen molar-refractivity contribution in [2.45, 2.75) is 4.90 Å². The van der Waals surface area contributed by atoms with Crippen molar-refractivity contribution in [1.29, 1.82) is 0 Å². The van der Waals surface area contributed by atoms with E-state index in [2.05, 4.69) is 20.8 Å². The Bertz CT molecular complexity index is 1830. The predicted molar refractivity (Wildman–Crippen MR) is 136 cm³/mol. The van der Waals surface area contributed by atoms with Crippen LogP contribution in [0.5, 0.6) is 0 Å². The van der Waals surface area contributed by atoms with E-state index < -0.39 is 69.0 Å². The normalized spacial score (nSPS) is 14.0. The number of nitro benzene ring substituents is 1.